The maximum atomic E-state index is 12.7. The predicted octanol–water partition coefficient (Wildman–Crippen LogP) is 1.56. The standard InChI is InChI=1S/C19H11N5O3/c20-8-16-21-10-24(23-16)9-17(25)22-11-5-6-14-15(7-11)19(27)13-4-2-1-3-12(13)18(14)26/h1-7,10H,9H2,(H,22,25). The summed E-state index contributed by atoms with van der Waals surface area (Å²) < 4.78 is 1.23. The van der Waals surface area contributed by atoms with Crippen molar-refractivity contribution < 1.29 is 14.4 Å². The lowest BCUT2D eigenvalue weighted by Crippen LogP contribution is -2.22. The summed E-state index contributed by atoms with van der Waals surface area (Å²) in [7, 11) is 0. The van der Waals surface area contributed by atoms with Gasteiger partial charge in [-0.2, -0.15) is 5.26 Å². The highest BCUT2D eigenvalue weighted by Crippen LogP contribution is 2.29. The third-order valence-corrected chi connectivity index (χ3v) is 4.15. The van der Waals surface area contributed by atoms with Crippen LogP contribution in [0.25, 0.3) is 0 Å². The van der Waals surface area contributed by atoms with E-state index in [4.69, 9.17) is 5.26 Å². The number of nitrogens with zero attached hydrogens (tertiary/aromatic N) is 4. The summed E-state index contributed by atoms with van der Waals surface area (Å²) in [5, 5.41) is 15.2. The van der Waals surface area contributed by atoms with E-state index in [1.165, 1.54) is 23.1 Å². The summed E-state index contributed by atoms with van der Waals surface area (Å²) in [5.74, 6) is -0.908. The summed E-state index contributed by atoms with van der Waals surface area (Å²) >= 11 is 0. The number of benzene rings is 2. The number of anilines is 1. The summed E-state index contributed by atoms with van der Waals surface area (Å²) in [4.78, 5) is 41.2. The van der Waals surface area contributed by atoms with Crippen LogP contribution in [-0.2, 0) is 11.3 Å². The number of nitriles is 1. The highest BCUT2D eigenvalue weighted by Gasteiger charge is 2.29. The highest BCUT2D eigenvalue weighted by atomic mass is 16.2. The van der Waals surface area contributed by atoms with Crippen molar-refractivity contribution in [3.63, 3.8) is 0 Å². The van der Waals surface area contributed by atoms with Crippen LogP contribution in [0.3, 0.4) is 0 Å². The molecular formula is C19H11N5O3. The first-order chi connectivity index (χ1) is 13.1. The molecule has 1 aromatic heterocycles. The zero-order valence-corrected chi connectivity index (χ0v) is 13.8. The monoisotopic (exact) mass is 357 g/mol. The fourth-order valence-electron chi connectivity index (χ4n) is 2.95. The van der Waals surface area contributed by atoms with E-state index in [0.29, 0.717) is 22.4 Å². The smallest absolute Gasteiger partial charge is 0.252 e. The van der Waals surface area contributed by atoms with Crippen LogP contribution < -0.4 is 5.32 Å². The van der Waals surface area contributed by atoms with Gasteiger partial charge in [0.15, 0.2) is 11.6 Å². The van der Waals surface area contributed by atoms with Gasteiger partial charge in [-0.25, -0.2) is 9.67 Å². The molecule has 27 heavy (non-hydrogen) atoms. The average molecular weight is 357 g/mol. The molecule has 4 rings (SSSR count). The Kier molecular flexibility index (Phi) is 3.82. The normalized spacial score (nSPS) is 12.1. The quantitative estimate of drug-likeness (QED) is 0.594. The lowest BCUT2D eigenvalue weighted by molar-refractivity contribution is -0.116. The molecule has 8 heteroatoms. The number of carbonyl (C=O) groups is 3. The van der Waals surface area contributed by atoms with Crippen LogP contribution in [0.1, 0.15) is 37.7 Å². The minimum atomic E-state index is -0.403. The summed E-state index contributed by atoms with van der Waals surface area (Å²) in [6, 6.07) is 13.0. The van der Waals surface area contributed by atoms with E-state index >= 15 is 0 Å². The highest BCUT2D eigenvalue weighted by molar-refractivity contribution is 6.28. The topological polar surface area (TPSA) is 118 Å². The van der Waals surface area contributed by atoms with Crippen molar-refractivity contribution in [2.24, 2.45) is 0 Å². The second kappa shape index (κ2) is 6.31. The van der Waals surface area contributed by atoms with Gasteiger partial charge in [-0.1, -0.05) is 24.3 Å². The second-order valence-corrected chi connectivity index (χ2v) is 5.89. The number of fused-ring (bicyclic) bond motifs is 2. The average Bonchev–Trinajstić information content (AvgIpc) is 3.13. The molecule has 2 aromatic carbocycles. The van der Waals surface area contributed by atoms with Crippen LogP contribution in [0.15, 0.2) is 48.8 Å². The van der Waals surface area contributed by atoms with Crippen molar-refractivity contribution in [3.05, 3.63) is 76.9 Å². The lowest BCUT2D eigenvalue weighted by atomic mass is 9.84. The largest absolute Gasteiger partial charge is 0.324 e. The molecular weight excluding hydrogens is 346 g/mol. The van der Waals surface area contributed by atoms with Crippen molar-refractivity contribution in [3.8, 4) is 6.07 Å². The number of carbonyl (C=O) groups excluding carboxylic acids is 3. The van der Waals surface area contributed by atoms with Crippen LogP contribution in [0.5, 0.6) is 0 Å². The molecule has 130 valence electrons. The molecule has 1 aliphatic carbocycles. The molecule has 3 aromatic rings. The van der Waals surface area contributed by atoms with Gasteiger partial charge in [0.25, 0.3) is 5.82 Å². The molecule has 0 bridgehead atoms. The van der Waals surface area contributed by atoms with Crippen LogP contribution in [-0.4, -0.2) is 32.2 Å². The van der Waals surface area contributed by atoms with Crippen LogP contribution in [0, 0.1) is 11.3 Å². The van der Waals surface area contributed by atoms with Crippen LogP contribution in [0.2, 0.25) is 0 Å². The van der Waals surface area contributed by atoms with E-state index in [0.717, 1.165) is 0 Å². The zero-order chi connectivity index (χ0) is 19.0. The van der Waals surface area contributed by atoms with Crippen LogP contribution >= 0.6 is 0 Å². The zero-order valence-electron chi connectivity index (χ0n) is 13.8. The lowest BCUT2D eigenvalue weighted by Gasteiger charge is -2.18. The molecule has 0 unspecified atom stereocenters. The molecule has 8 nitrogen and oxygen atoms in total. The van der Waals surface area contributed by atoms with E-state index in [2.05, 4.69) is 15.4 Å². The fraction of sp³-hybridized carbons (Fsp3) is 0.0526. The maximum absolute atomic E-state index is 12.7. The van der Waals surface area contributed by atoms with Crippen molar-refractivity contribution in [1.29, 1.82) is 5.26 Å². The van der Waals surface area contributed by atoms with E-state index < -0.39 is 5.91 Å². The number of rotatable bonds is 3. The molecule has 0 atom stereocenters. The number of nitrogens with one attached hydrogen (secondary N) is 1. The molecule has 1 N–H and O–H groups in total. The first-order valence-corrected chi connectivity index (χ1v) is 7.98. The van der Waals surface area contributed by atoms with Gasteiger partial charge < -0.3 is 5.32 Å². The van der Waals surface area contributed by atoms with Gasteiger partial charge in [0, 0.05) is 27.9 Å². The molecule has 1 amide bonds. The fourth-order valence-corrected chi connectivity index (χ4v) is 2.95. The first kappa shape index (κ1) is 16.4. The molecule has 0 saturated carbocycles. The van der Waals surface area contributed by atoms with Gasteiger partial charge in [0.2, 0.25) is 5.91 Å². The Bertz CT molecular complexity index is 1160. The van der Waals surface area contributed by atoms with Gasteiger partial charge >= 0.3 is 0 Å². The predicted molar refractivity (Wildman–Crippen MR) is 93.1 cm³/mol. The third kappa shape index (κ3) is 2.87. The second-order valence-electron chi connectivity index (χ2n) is 5.89. The summed E-state index contributed by atoms with van der Waals surface area (Å²) in [6.45, 7) is -0.137. The van der Waals surface area contributed by atoms with Crippen molar-refractivity contribution >= 4 is 23.2 Å². The first-order valence-electron chi connectivity index (χ1n) is 7.98. The van der Waals surface area contributed by atoms with Crippen molar-refractivity contribution in [2.45, 2.75) is 6.54 Å². The summed E-state index contributed by atoms with van der Waals surface area (Å²) in [5.41, 5.74) is 1.69. The Morgan fingerprint density at radius 2 is 1.70 bits per heavy atom. The van der Waals surface area contributed by atoms with Gasteiger partial charge in [0.1, 0.15) is 18.9 Å². The molecule has 0 spiro atoms. The summed E-state index contributed by atoms with van der Waals surface area (Å²) in [6.07, 6.45) is 1.28. The van der Waals surface area contributed by atoms with E-state index in [1.807, 2.05) is 0 Å². The molecule has 0 radical (unpaired) electrons. The van der Waals surface area contributed by atoms with Gasteiger partial charge in [0.05, 0.1) is 0 Å². The number of ketones is 2. The molecule has 0 fully saturated rings. The SMILES string of the molecule is N#Cc1ncn(CC(=O)Nc2ccc3c(c2)C(=O)c2ccccc2C3=O)n1. The molecule has 0 saturated heterocycles. The van der Waals surface area contributed by atoms with Crippen molar-refractivity contribution in [2.75, 3.05) is 5.32 Å². The Labute approximate surface area is 153 Å². The molecule has 1 heterocycles. The van der Waals surface area contributed by atoms with Gasteiger partial charge in [-0.3, -0.25) is 14.4 Å². The Morgan fingerprint density at radius 3 is 2.37 bits per heavy atom. The minimum absolute atomic E-state index is 0.0284. The van der Waals surface area contributed by atoms with Gasteiger partial charge in [-0.05, 0) is 18.2 Å². The Morgan fingerprint density at radius 1 is 1.04 bits per heavy atom. The Hall–Kier alpha value is -4.12. The number of hydrogen-bond acceptors (Lipinski definition) is 6. The van der Waals surface area contributed by atoms with E-state index in [-0.39, 0.29) is 29.5 Å². The number of amides is 1. The number of aromatic nitrogens is 3. The maximum Gasteiger partial charge on any atom is 0.252 e. The number of hydrogen-bond donors (Lipinski definition) is 1. The molecule has 1 aliphatic rings. The Balaban J connectivity index is 1.58. The third-order valence-electron chi connectivity index (χ3n) is 4.15. The van der Waals surface area contributed by atoms with Gasteiger partial charge in [-0.15, -0.1) is 5.10 Å². The van der Waals surface area contributed by atoms with Crippen LogP contribution in [0.4, 0.5) is 5.69 Å². The van der Waals surface area contributed by atoms with E-state index in [9.17, 15) is 14.4 Å². The van der Waals surface area contributed by atoms with E-state index in [1.54, 1.807) is 36.4 Å². The van der Waals surface area contributed by atoms with Crippen molar-refractivity contribution in [1.82, 2.24) is 14.8 Å². The minimum Gasteiger partial charge on any atom is -0.324 e. The molecule has 0 aliphatic heterocycles.